The Kier molecular flexibility index (Phi) is 14.0. The number of aryl methyl sites for hydroxylation is 6. The molecule has 5 nitrogen and oxygen atoms in total. The van der Waals surface area contributed by atoms with Crippen molar-refractivity contribution in [3.05, 3.63) is 175 Å². The normalized spacial score (nSPS) is 14.7. The quantitative estimate of drug-likeness (QED) is 0.0656. The van der Waals surface area contributed by atoms with Crippen molar-refractivity contribution in [3.8, 4) is 65.6 Å². The van der Waals surface area contributed by atoms with E-state index < -0.39 is 34.9 Å². The van der Waals surface area contributed by atoms with Crippen molar-refractivity contribution < 1.29 is 40.7 Å². The maximum atomic E-state index is 16.2. The number of hydrogen-bond donors (Lipinski definition) is 0. The SMILES string of the molecule is CCN(CC)c1ccc2c(-c3cc(-c4cc(C)c(-c5c(C)cc(-c6cc(C7=C(c8cc(-c9ccccc9)sc8C)C(F)(F)C(F)(F)C7(F)F)c(C)s6)cc5C)c(C)c4)ccc3C(=O)[O-])c3ccc(=[N+](CC)CC)cc-3oc2c1. The predicted octanol–water partition coefficient (Wildman–Crippen LogP) is 16.7. The molecule has 0 amide bonds. The first kappa shape index (κ1) is 54.1. The highest BCUT2D eigenvalue weighted by Crippen LogP contribution is 2.66. The maximum absolute atomic E-state index is 16.2. The Hall–Kier alpha value is -7.22. The van der Waals surface area contributed by atoms with Crippen molar-refractivity contribution in [2.24, 2.45) is 0 Å². The molecule has 0 saturated carbocycles. The van der Waals surface area contributed by atoms with Crippen LogP contribution in [0.5, 0.6) is 0 Å². The molecule has 0 N–H and O–H groups in total. The highest BCUT2D eigenvalue weighted by molar-refractivity contribution is 7.16. The molecule has 3 aliphatic rings. The number of alkyl halides is 6. The molecule has 0 saturated heterocycles. The van der Waals surface area contributed by atoms with Gasteiger partial charge in [-0.3, -0.25) is 0 Å². The molecule has 400 valence electrons. The van der Waals surface area contributed by atoms with Gasteiger partial charge in [-0.2, -0.15) is 26.3 Å². The van der Waals surface area contributed by atoms with Crippen LogP contribution in [0.2, 0.25) is 0 Å². The van der Waals surface area contributed by atoms with E-state index in [1.54, 1.807) is 42.5 Å². The molecule has 10 rings (SSSR count). The smallest absolute Gasteiger partial charge is 0.380 e. The predicted molar refractivity (Wildman–Crippen MR) is 307 cm³/mol. The van der Waals surface area contributed by atoms with Crippen LogP contribution in [0.1, 0.15) is 81.2 Å². The van der Waals surface area contributed by atoms with Crippen LogP contribution in [0.25, 0.3) is 87.7 Å². The van der Waals surface area contributed by atoms with Gasteiger partial charge in [0.15, 0.2) is 0 Å². The number of aromatic carboxylic acids is 1. The van der Waals surface area contributed by atoms with Crippen LogP contribution in [0.4, 0.5) is 32.0 Å². The summed E-state index contributed by atoms with van der Waals surface area (Å²) in [5, 5.41) is 14.8. The van der Waals surface area contributed by atoms with Gasteiger partial charge in [0.1, 0.15) is 24.4 Å². The Labute approximate surface area is 458 Å². The number of carboxylic acids is 1. The highest BCUT2D eigenvalue weighted by Gasteiger charge is 2.80. The third kappa shape index (κ3) is 8.77. The van der Waals surface area contributed by atoms with Crippen LogP contribution in [-0.4, -0.2) is 49.9 Å². The van der Waals surface area contributed by atoms with Crippen molar-refractivity contribution in [3.63, 3.8) is 0 Å². The van der Waals surface area contributed by atoms with Crippen LogP contribution in [0.3, 0.4) is 0 Å². The van der Waals surface area contributed by atoms with Gasteiger partial charge in [-0.15, -0.1) is 22.7 Å². The lowest BCUT2D eigenvalue weighted by molar-refractivity contribution is -0.255. The lowest BCUT2D eigenvalue weighted by Gasteiger charge is -2.25. The summed E-state index contributed by atoms with van der Waals surface area (Å²) in [6.45, 7) is 22.5. The van der Waals surface area contributed by atoms with Crippen molar-refractivity contribution >= 4 is 56.4 Å². The molecule has 78 heavy (non-hydrogen) atoms. The van der Waals surface area contributed by atoms with Gasteiger partial charge in [-0.05, 0) is 190 Å². The fourth-order valence-electron chi connectivity index (χ4n) is 11.6. The summed E-state index contributed by atoms with van der Waals surface area (Å²) in [6, 6.07) is 36.8. The molecular formula is C65H58F6N2O3S2. The molecule has 7 aromatic rings. The van der Waals surface area contributed by atoms with Gasteiger partial charge in [0.05, 0.1) is 12.0 Å². The second-order valence-electron chi connectivity index (χ2n) is 20.2. The Morgan fingerprint density at radius 2 is 1.09 bits per heavy atom. The Balaban J connectivity index is 1.06. The molecule has 2 aromatic heterocycles. The zero-order valence-corrected chi connectivity index (χ0v) is 46.7. The van der Waals surface area contributed by atoms with E-state index in [9.17, 15) is 9.90 Å². The third-order valence-corrected chi connectivity index (χ3v) is 17.7. The fraction of sp³-hybridized carbons (Fsp3) is 0.262. The van der Waals surface area contributed by atoms with E-state index in [0.717, 1.165) is 115 Å². The highest BCUT2D eigenvalue weighted by atomic mass is 32.1. The molecule has 0 bridgehead atoms. The summed E-state index contributed by atoms with van der Waals surface area (Å²) >= 11 is 2.18. The van der Waals surface area contributed by atoms with E-state index in [2.05, 4.69) is 49.3 Å². The second kappa shape index (κ2) is 20.2. The number of hydrogen-bond acceptors (Lipinski definition) is 6. The van der Waals surface area contributed by atoms with Gasteiger partial charge in [0.2, 0.25) is 5.36 Å². The maximum Gasteiger partial charge on any atom is 0.380 e. The number of thiophene rings is 2. The minimum absolute atomic E-state index is 0.0395. The third-order valence-electron chi connectivity index (χ3n) is 15.5. The van der Waals surface area contributed by atoms with Crippen molar-refractivity contribution in [1.29, 1.82) is 0 Å². The summed E-state index contributed by atoms with van der Waals surface area (Å²) in [5.74, 6) is -16.7. The average Bonchev–Trinajstić information content (AvgIpc) is 4.16. The monoisotopic (exact) mass is 1090 g/mol. The molecule has 0 radical (unpaired) electrons. The van der Waals surface area contributed by atoms with Crippen LogP contribution < -0.4 is 19.9 Å². The molecule has 0 unspecified atom stereocenters. The minimum Gasteiger partial charge on any atom is -0.545 e. The lowest BCUT2D eigenvalue weighted by Crippen LogP contribution is -2.48. The van der Waals surface area contributed by atoms with Crippen molar-refractivity contribution in [1.82, 2.24) is 4.58 Å². The van der Waals surface area contributed by atoms with Gasteiger partial charge in [0, 0.05) is 83.6 Å². The number of anilines is 1. The zero-order chi connectivity index (χ0) is 55.9. The van der Waals surface area contributed by atoms with Crippen LogP contribution in [0, 0.1) is 41.5 Å². The molecule has 1 aliphatic heterocycles. The lowest BCUT2D eigenvalue weighted by atomic mass is 9.85. The number of carbonyl (C=O) groups excluding carboxylic acids is 1. The van der Waals surface area contributed by atoms with Gasteiger partial charge >= 0.3 is 17.8 Å². The van der Waals surface area contributed by atoms with Crippen molar-refractivity contribution in [2.45, 2.75) is 87.0 Å². The number of allylic oxidation sites excluding steroid dienone is 2. The summed E-state index contributed by atoms with van der Waals surface area (Å²) < 4.78 is 105. The standard InChI is InChI=1S/C65H58F6N2O3S2/c1-11-72(12-2)45-21-24-48-53(31-45)76-54-32-46(73(13-3)14-4)22-25-49(54)59(48)52-30-42(20-23-47(52)62(74)75)43-26-35(5)57(36(6)27-43)58-37(7)28-44(29-38(58)8)56-34-51(40(10)78-56)61-60(63(66,67)65(70,71)64(61,68)69)50-33-55(77-39(50)9)41-18-16-15-17-19-41/h15-34H,11-14H2,1-10H3. The van der Waals surface area contributed by atoms with E-state index >= 15 is 26.3 Å². The number of benzene rings is 6. The van der Waals surface area contributed by atoms with E-state index in [0.29, 0.717) is 43.4 Å². The molecule has 13 heteroatoms. The van der Waals surface area contributed by atoms with E-state index in [1.807, 2.05) is 82.3 Å². The molecule has 5 aromatic carbocycles. The largest absolute Gasteiger partial charge is 0.545 e. The fourth-order valence-corrected chi connectivity index (χ4v) is 13.7. The van der Waals surface area contributed by atoms with Crippen LogP contribution >= 0.6 is 22.7 Å². The number of carbonyl (C=O) groups is 1. The summed E-state index contributed by atoms with van der Waals surface area (Å²) in [7, 11) is 0. The van der Waals surface area contributed by atoms with Gasteiger partial charge < -0.3 is 19.2 Å². The first-order valence-electron chi connectivity index (χ1n) is 26.1. The van der Waals surface area contributed by atoms with E-state index in [4.69, 9.17) is 4.42 Å². The first-order chi connectivity index (χ1) is 37.1. The average molecular weight is 1090 g/mol. The first-order valence-corrected chi connectivity index (χ1v) is 27.8. The van der Waals surface area contributed by atoms with E-state index in [1.165, 1.54) is 26.0 Å². The van der Waals surface area contributed by atoms with Gasteiger partial charge in [-0.25, -0.2) is 4.58 Å². The number of nitrogens with zero attached hydrogens (tertiary/aromatic N) is 2. The Morgan fingerprint density at radius 3 is 1.62 bits per heavy atom. The molecule has 2 aliphatic carbocycles. The number of rotatable bonds is 13. The number of halogens is 6. The second-order valence-corrected chi connectivity index (χ2v) is 22.7. The summed E-state index contributed by atoms with van der Waals surface area (Å²) in [6.07, 6.45) is 0. The molecule has 3 heterocycles. The van der Waals surface area contributed by atoms with Gasteiger partial charge in [0.25, 0.3) is 0 Å². The van der Waals surface area contributed by atoms with Crippen LogP contribution in [-0.2, 0) is 0 Å². The topological polar surface area (TPSA) is 59.5 Å². The summed E-state index contributed by atoms with van der Waals surface area (Å²) in [4.78, 5) is 16.7. The minimum atomic E-state index is -5.68. The molecule has 0 fully saturated rings. The Morgan fingerprint density at radius 1 is 0.551 bits per heavy atom. The molecule has 0 atom stereocenters. The molecular weight excluding hydrogens is 1030 g/mol. The Bertz CT molecular complexity index is 3900. The van der Waals surface area contributed by atoms with Crippen molar-refractivity contribution in [2.75, 3.05) is 31.1 Å². The zero-order valence-electron chi connectivity index (χ0n) is 45.1. The van der Waals surface area contributed by atoms with Gasteiger partial charge in [-0.1, -0.05) is 54.6 Å². The summed E-state index contributed by atoms with van der Waals surface area (Å²) in [5.41, 5.74) is 8.66. The molecule has 0 spiro atoms. The number of fused-ring (bicyclic) bond motifs is 2. The number of carboxylic acid groups (broad SMARTS) is 1. The van der Waals surface area contributed by atoms with E-state index in [-0.39, 0.29) is 26.4 Å². The van der Waals surface area contributed by atoms with Crippen LogP contribution in [0.15, 0.2) is 126 Å².